The second-order valence-electron chi connectivity index (χ2n) is 29.9. The molecule has 3 aromatic heterocycles. The summed E-state index contributed by atoms with van der Waals surface area (Å²) in [7, 11) is -1.32. The maximum Gasteiger partial charge on any atom is 0.497 e. The van der Waals surface area contributed by atoms with Crippen molar-refractivity contribution in [2.45, 2.75) is 236 Å². The maximum absolute atomic E-state index is 13.9. The Kier molecular flexibility index (Phi) is 26.1. The first-order chi connectivity index (χ1) is 45.6. The molecule has 96 heavy (non-hydrogen) atoms. The van der Waals surface area contributed by atoms with Gasteiger partial charge in [-0.2, -0.15) is 0 Å². The number of halogens is 2. The number of amides is 2. The maximum atomic E-state index is 13.9. The zero-order chi connectivity index (χ0) is 69.3. The topological polar surface area (TPSA) is 122 Å². The Balaban J connectivity index is 0.000000267. The zero-order valence-electron chi connectivity index (χ0n) is 60.3. The highest BCUT2D eigenvalue weighted by Crippen LogP contribution is 2.50. The first-order valence-corrected chi connectivity index (χ1v) is 39.0. The van der Waals surface area contributed by atoms with E-state index < -0.39 is 36.6 Å². The number of hydrogen-bond donors (Lipinski definition) is 0. The van der Waals surface area contributed by atoms with Crippen LogP contribution in [0.4, 0.5) is 0 Å². The smallest absolute Gasteiger partial charge is 0.494 e. The molecule has 2 saturated heterocycles. The van der Waals surface area contributed by atoms with Gasteiger partial charge in [-0.15, -0.1) is 22.7 Å². The van der Waals surface area contributed by atoms with E-state index in [4.69, 9.17) is 38.1 Å². The monoisotopic (exact) mass is 1470 g/mol. The molecule has 2 atom stereocenters. The van der Waals surface area contributed by atoms with Crippen molar-refractivity contribution < 1.29 is 37.7 Å². The standard InChI is InChI=1S/C52H76B2N2O6.C26H30Br2N2O2S2/c1-35(2)19-15-21-37(5)29-31-57-41-25-17-23-39(33-41)45-46(40-24-18-26-42(34-40)58-32-30-38(6)22-16-20-36(3)4)56-48-44(54-61-51(11,12)52(13,14)62-54)28-27-43(47(48)55-45)53-59-49(7,8)50(9,10)60-53;1-3-5-7-9-15-29-23(17-11-13-19(27)33-17)21-22(25(29)31)24(18-12-14-20(28)34-18)30(26(21)32)16-10-8-6-4-2/h17-18,23-28,33-38H,15-16,19-22,29-32H2,1-14H3;11-14H,3-10,15-16H2,1-2H3. The van der Waals surface area contributed by atoms with Crippen molar-refractivity contribution in [3.63, 3.8) is 0 Å². The van der Waals surface area contributed by atoms with E-state index >= 15 is 0 Å². The van der Waals surface area contributed by atoms with E-state index in [1.165, 1.54) is 38.5 Å². The van der Waals surface area contributed by atoms with Gasteiger partial charge in [0, 0.05) is 35.1 Å². The minimum atomic E-state index is -0.662. The van der Waals surface area contributed by atoms with Gasteiger partial charge >= 0.3 is 14.2 Å². The van der Waals surface area contributed by atoms with Gasteiger partial charge in [-0.25, -0.2) is 9.97 Å². The molecule has 0 bridgehead atoms. The van der Waals surface area contributed by atoms with E-state index in [0.29, 0.717) is 60.3 Å². The summed E-state index contributed by atoms with van der Waals surface area (Å²) >= 11 is 10.3. The molecular weight excluding hydrogens is 1370 g/mol. The molecule has 12 nitrogen and oxygen atoms in total. The van der Waals surface area contributed by atoms with E-state index in [1.807, 2.05) is 70.5 Å². The van der Waals surface area contributed by atoms with Gasteiger partial charge in [0.05, 0.1) is 97.9 Å². The number of fused-ring (bicyclic) bond motifs is 2. The summed E-state index contributed by atoms with van der Waals surface area (Å²) < 4.78 is 41.6. The molecule has 2 amide bonds. The van der Waals surface area contributed by atoms with Gasteiger partial charge in [0.1, 0.15) is 11.5 Å². The van der Waals surface area contributed by atoms with Gasteiger partial charge in [-0.05, 0) is 185 Å². The molecule has 4 aliphatic heterocycles. The summed E-state index contributed by atoms with van der Waals surface area (Å²) in [5.41, 5.74) is 6.79. The third-order valence-electron chi connectivity index (χ3n) is 20.1. The molecule has 0 aliphatic carbocycles. The Labute approximate surface area is 600 Å². The van der Waals surface area contributed by atoms with Crippen LogP contribution < -0.4 is 20.4 Å². The number of ether oxygens (including phenoxy) is 2. The van der Waals surface area contributed by atoms with Crippen molar-refractivity contribution in [1.82, 2.24) is 19.8 Å². The second-order valence-corrected chi connectivity index (χ2v) is 34.8. The minimum absolute atomic E-state index is 0.0325. The largest absolute Gasteiger partial charge is 0.497 e. The fourth-order valence-electron chi connectivity index (χ4n) is 12.8. The zero-order valence-corrected chi connectivity index (χ0v) is 65.1. The average Bonchev–Trinajstić information content (AvgIpc) is 1.61. The van der Waals surface area contributed by atoms with Crippen LogP contribution in [0, 0.1) is 23.7 Å². The van der Waals surface area contributed by atoms with E-state index in [0.717, 1.165) is 150 Å². The number of carbonyl (C=O) groups excluding carboxylic acids is 2. The van der Waals surface area contributed by atoms with Crippen LogP contribution >= 0.6 is 54.5 Å². The van der Waals surface area contributed by atoms with Crippen molar-refractivity contribution in [3.8, 4) is 34.0 Å². The van der Waals surface area contributed by atoms with Crippen LogP contribution in [0.3, 0.4) is 0 Å². The van der Waals surface area contributed by atoms with Crippen molar-refractivity contribution in [3.05, 3.63) is 113 Å². The normalized spacial score (nSPS) is 17.8. The molecule has 10 rings (SSSR count). The molecule has 2 fully saturated rings. The van der Waals surface area contributed by atoms with E-state index in [9.17, 15) is 9.59 Å². The summed E-state index contributed by atoms with van der Waals surface area (Å²) in [5, 5.41) is 0. The SMILES string of the molecule is CC(C)CCCC(C)CCOc1cccc(-c2nc3c(B4OC(C)(C)C(C)(C)O4)ccc(B4OC(C)(C)C(C)(C)O4)c3nc2-c2cccc(OCCC(C)CCCC(C)C)c2)c1.CCCCCCN1C(=O)C2=C(c3ccc(Br)s3)N(CCCCCC)C(=O)C2=C1c1ccc(Br)s1. The van der Waals surface area contributed by atoms with Crippen molar-refractivity contribution >= 4 is 114 Å². The summed E-state index contributed by atoms with van der Waals surface area (Å²) in [4.78, 5) is 44.7. The molecule has 0 spiro atoms. The van der Waals surface area contributed by atoms with Gasteiger partial charge in [0.2, 0.25) is 0 Å². The predicted molar refractivity (Wildman–Crippen MR) is 407 cm³/mol. The van der Waals surface area contributed by atoms with Gasteiger partial charge in [-0.1, -0.05) is 169 Å². The van der Waals surface area contributed by atoms with Gasteiger partial charge in [0.25, 0.3) is 11.8 Å². The van der Waals surface area contributed by atoms with Crippen LogP contribution in [0.25, 0.3) is 44.9 Å². The van der Waals surface area contributed by atoms with Crippen LogP contribution in [0.2, 0.25) is 0 Å². The molecular formula is C78H106B2Br2N4O8S2. The Morgan fingerprint density at radius 1 is 0.479 bits per heavy atom. The summed E-state index contributed by atoms with van der Waals surface area (Å²) in [6.07, 6.45) is 18.1. The Hall–Kier alpha value is -4.65. The van der Waals surface area contributed by atoms with Crippen LogP contribution in [0.15, 0.2) is 104 Å². The lowest BCUT2D eigenvalue weighted by atomic mass is 9.72. The highest BCUT2D eigenvalue weighted by atomic mass is 79.9. The number of hydrogen-bond acceptors (Lipinski definition) is 12. The van der Waals surface area contributed by atoms with Crippen molar-refractivity contribution in [2.24, 2.45) is 23.7 Å². The number of nitrogens with zero attached hydrogens (tertiary/aromatic N) is 4. The Morgan fingerprint density at radius 3 is 1.19 bits per heavy atom. The van der Waals surface area contributed by atoms with Crippen molar-refractivity contribution in [1.29, 1.82) is 0 Å². The fourth-order valence-corrected chi connectivity index (χ4v) is 15.7. The van der Waals surface area contributed by atoms with E-state index in [-0.39, 0.29) is 11.8 Å². The third-order valence-corrected chi connectivity index (χ3v) is 23.4. The van der Waals surface area contributed by atoms with Crippen LogP contribution in [-0.4, -0.2) is 94.5 Å². The average molecular weight is 1470 g/mol. The fraction of sp³-hybridized carbons (Fsp3) is 0.564. The second kappa shape index (κ2) is 33.2. The third kappa shape index (κ3) is 18.1. The Bertz CT molecular complexity index is 3440. The Morgan fingerprint density at radius 2 is 0.854 bits per heavy atom. The molecule has 18 heteroatoms. The lowest BCUT2D eigenvalue weighted by Gasteiger charge is -2.32. The molecule has 3 aromatic carbocycles. The molecule has 0 saturated carbocycles. The molecule has 4 aliphatic rings. The molecule has 0 N–H and O–H groups in total. The summed E-state index contributed by atoms with van der Waals surface area (Å²) in [6, 6.07) is 28.6. The number of benzene rings is 3. The highest BCUT2D eigenvalue weighted by molar-refractivity contribution is 9.11. The minimum Gasteiger partial charge on any atom is -0.494 e. The number of aromatic nitrogens is 2. The van der Waals surface area contributed by atoms with Crippen LogP contribution in [-0.2, 0) is 28.2 Å². The van der Waals surface area contributed by atoms with Crippen LogP contribution in [0.5, 0.6) is 11.5 Å². The van der Waals surface area contributed by atoms with E-state index in [1.54, 1.807) is 22.7 Å². The molecule has 0 radical (unpaired) electrons. The first kappa shape index (κ1) is 75.5. The van der Waals surface area contributed by atoms with Gasteiger partial charge < -0.3 is 37.9 Å². The van der Waals surface area contributed by atoms with E-state index in [2.05, 4.69) is 167 Å². The summed E-state index contributed by atoms with van der Waals surface area (Å²) in [5.74, 6) is 4.22. The predicted octanol–water partition coefficient (Wildman–Crippen LogP) is 20.3. The quantitative estimate of drug-likeness (QED) is 0.0298. The number of unbranched alkanes of at least 4 members (excludes halogenated alkanes) is 6. The molecule has 2 unspecified atom stereocenters. The molecule has 518 valence electrons. The molecule has 6 aromatic rings. The van der Waals surface area contributed by atoms with Gasteiger partial charge in [-0.3, -0.25) is 9.59 Å². The number of rotatable bonds is 32. The highest BCUT2D eigenvalue weighted by Gasteiger charge is 2.55. The van der Waals surface area contributed by atoms with Crippen LogP contribution in [0.1, 0.15) is 223 Å². The number of carbonyl (C=O) groups is 2. The number of thiophene rings is 2. The first-order valence-electron chi connectivity index (χ1n) is 35.8. The lowest BCUT2D eigenvalue weighted by molar-refractivity contribution is -0.124. The molecule has 7 heterocycles. The lowest BCUT2D eigenvalue weighted by Crippen LogP contribution is -2.41. The van der Waals surface area contributed by atoms with Crippen molar-refractivity contribution in [2.75, 3.05) is 26.3 Å². The summed E-state index contributed by atoms with van der Waals surface area (Å²) in [6.45, 7) is 37.4. The van der Waals surface area contributed by atoms with Gasteiger partial charge in [0.15, 0.2) is 0 Å².